The first-order chi connectivity index (χ1) is 14.0. The number of rotatable bonds is 2. The third kappa shape index (κ3) is 2.87. The summed E-state index contributed by atoms with van der Waals surface area (Å²) in [7, 11) is 0. The van der Waals surface area contributed by atoms with E-state index in [1.807, 2.05) is 31.2 Å². The van der Waals surface area contributed by atoms with E-state index in [0.717, 1.165) is 27.3 Å². The van der Waals surface area contributed by atoms with Crippen LogP contribution in [0.5, 0.6) is 0 Å². The van der Waals surface area contributed by atoms with Gasteiger partial charge < -0.3 is 4.98 Å². The molecule has 1 N–H and O–H groups in total. The van der Waals surface area contributed by atoms with Crippen molar-refractivity contribution in [1.29, 1.82) is 0 Å². The van der Waals surface area contributed by atoms with Gasteiger partial charge in [0.2, 0.25) is 11.8 Å². The van der Waals surface area contributed by atoms with Gasteiger partial charge in [-0.1, -0.05) is 59.0 Å². The van der Waals surface area contributed by atoms with Gasteiger partial charge in [0.25, 0.3) is 0 Å². The Morgan fingerprint density at radius 2 is 1.72 bits per heavy atom. The van der Waals surface area contributed by atoms with Gasteiger partial charge in [-0.3, -0.25) is 14.4 Å². The summed E-state index contributed by atoms with van der Waals surface area (Å²) in [5, 5.41) is 0.645. The molecule has 1 aromatic heterocycles. The highest BCUT2D eigenvalue weighted by atomic mass is 35.5. The predicted octanol–water partition coefficient (Wildman–Crippen LogP) is 4.19. The van der Waals surface area contributed by atoms with E-state index in [0.29, 0.717) is 15.7 Å². The normalized spacial score (nSPS) is 23.2. The first-order valence-electron chi connectivity index (χ1n) is 9.04. The highest BCUT2D eigenvalue weighted by Gasteiger charge is 2.56. The van der Waals surface area contributed by atoms with Gasteiger partial charge in [0, 0.05) is 15.8 Å². The Balaban J connectivity index is 1.67. The largest absolute Gasteiger partial charge is 0.307 e. The van der Waals surface area contributed by atoms with E-state index in [1.54, 1.807) is 24.3 Å². The number of hydrogen-bond donors (Lipinski definition) is 1. The number of amides is 2. The third-order valence-electron chi connectivity index (χ3n) is 5.43. The second-order valence-electron chi connectivity index (χ2n) is 7.09. The minimum absolute atomic E-state index is 0.171. The number of thioether (sulfide) groups is 1. The number of nitrogens with zero attached hydrogens (tertiary/aromatic N) is 1. The van der Waals surface area contributed by atoms with Crippen molar-refractivity contribution < 1.29 is 9.59 Å². The van der Waals surface area contributed by atoms with Crippen LogP contribution in [-0.4, -0.2) is 22.0 Å². The zero-order valence-electron chi connectivity index (χ0n) is 15.2. The number of hydrogen-bond acceptors (Lipinski definition) is 5. The van der Waals surface area contributed by atoms with Crippen molar-refractivity contribution in [3.63, 3.8) is 0 Å². The Kier molecular flexibility index (Phi) is 4.42. The number of carbonyl (C=O) groups is 2. The maximum Gasteiger partial charge on any atom is 0.305 e. The van der Waals surface area contributed by atoms with Crippen LogP contribution in [0.1, 0.15) is 21.9 Å². The van der Waals surface area contributed by atoms with Gasteiger partial charge in [0.1, 0.15) is 5.25 Å². The summed E-state index contributed by atoms with van der Waals surface area (Å²) in [6.07, 6.45) is 0. The maximum atomic E-state index is 13.5. The van der Waals surface area contributed by atoms with Crippen LogP contribution in [-0.2, 0) is 9.59 Å². The zero-order valence-corrected chi connectivity index (χ0v) is 17.6. The fourth-order valence-corrected chi connectivity index (χ4v) is 6.76. The zero-order chi connectivity index (χ0) is 20.3. The summed E-state index contributed by atoms with van der Waals surface area (Å²) >= 11 is 8.37. The Hall–Kier alpha value is -2.35. The van der Waals surface area contributed by atoms with E-state index in [-0.39, 0.29) is 22.6 Å². The lowest BCUT2D eigenvalue weighted by molar-refractivity contribution is -0.122. The third-order valence-corrected chi connectivity index (χ3v) is 8.09. The van der Waals surface area contributed by atoms with Crippen molar-refractivity contribution >= 4 is 52.2 Å². The van der Waals surface area contributed by atoms with Gasteiger partial charge in [0.05, 0.1) is 16.6 Å². The summed E-state index contributed by atoms with van der Waals surface area (Å²) in [5.41, 5.74) is 2.51. The Labute approximate surface area is 179 Å². The molecule has 3 aromatic rings. The quantitative estimate of drug-likeness (QED) is 0.604. The number of carbonyl (C=O) groups excluding carboxylic acids is 2. The van der Waals surface area contributed by atoms with Crippen LogP contribution in [0, 0.1) is 12.8 Å². The molecular weight excluding hydrogens is 428 g/mol. The lowest BCUT2D eigenvalue weighted by atomic mass is 9.81. The molecule has 0 radical (unpaired) electrons. The lowest BCUT2D eigenvalue weighted by Gasteiger charge is -2.30. The second kappa shape index (κ2) is 6.86. The Morgan fingerprint density at radius 1 is 1.00 bits per heavy atom. The molecule has 2 aliphatic heterocycles. The average molecular weight is 443 g/mol. The highest BCUT2D eigenvalue weighted by molar-refractivity contribution is 8.00. The minimum atomic E-state index is -0.583. The molecule has 3 heterocycles. The fraction of sp³-hybridized carbons (Fsp3) is 0.190. The van der Waals surface area contributed by atoms with Crippen molar-refractivity contribution in [2.75, 3.05) is 4.90 Å². The van der Waals surface area contributed by atoms with E-state index in [4.69, 9.17) is 11.6 Å². The van der Waals surface area contributed by atoms with Crippen LogP contribution < -0.4 is 9.77 Å². The molecule has 1 saturated heterocycles. The Morgan fingerprint density at radius 3 is 2.45 bits per heavy atom. The molecule has 0 bridgehead atoms. The van der Waals surface area contributed by atoms with Crippen molar-refractivity contribution in [3.8, 4) is 0 Å². The van der Waals surface area contributed by atoms with Crippen molar-refractivity contribution in [1.82, 2.24) is 4.98 Å². The molecule has 2 amide bonds. The molecule has 0 spiro atoms. The van der Waals surface area contributed by atoms with Crippen LogP contribution >= 0.6 is 34.7 Å². The molecular formula is C21H15ClN2O3S2. The summed E-state index contributed by atoms with van der Waals surface area (Å²) in [4.78, 5) is 43.6. The van der Waals surface area contributed by atoms with Crippen LogP contribution in [0.25, 0.3) is 0 Å². The molecule has 3 atom stereocenters. The molecule has 2 aliphatic rings. The number of aromatic amines is 1. The SMILES string of the molecule is Cc1ccccc1[C@@H]1c2sc(=O)[nH]c2S[C@H]2C(=O)N(c3ccc(Cl)cc3)C(=O)[C@@H]12. The first-order valence-corrected chi connectivity index (χ1v) is 11.1. The van der Waals surface area contributed by atoms with E-state index >= 15 is 0 Å². The van der Waals surface area contributed by atoms with E-state index in [9.17, 15) is 14.4 Å². The van der Waals surface area contributed by atoms with Gasteiger partial charge in [-0.05, 0) is 42.3 Å². The second-order valence-corrected chi connectivity index (χ2v) is 9.70. The van der Waals surface area contributed by atoms with Gasteiger partial charge in [-0.15, -0.1) is 0 Å². The topological polar surface area (TPSA) is 70.2 Å². The fourth-order valence-electron chi connectivity index (χ4n) is 4.13. The number of aromatic nitrogens is 1. The smallest absolute Gasteiger partial charge is 0.305 e. The number of H-pyrrole nitrogens is 1. The summed E-state index contributed by atoms with van der Waals surface area (Å²) in [5.74, 6) is -1.41. The molecule has 5 nitrogen and oxygen atoms in total. The first kappa shape index (κ1) is 18.7. The molecule has 5 rings (SSSR count). The number of thiazole rings is 1. The number of nitrogens with one attached hydrogen (secondary N) is 1. The maximum absolute atomic E-state index is 13.5. The molecule has 0 saturated carbocycles. The van der Waals surface area contributed by atoms with Crippen LogP contribution in [0.3, 0.4) is 0 Å². The van der Waals surface area contributed by atoms with Gasteiger partial charge in [-0.2, -0.15) is 0 Å². The van der Waals surface area contributed by atoms with Gasteiger partial charge in [-0.25, -0.2) is 4.90 Å². The molecule has 0 unspecified atom stereocenters. The van der Waals surface area contributed by atoms with Crippen molar-refractivity contribution in [3.05, 3.63) is 79.2 Å². The number of aryl methyl sites for hydroxylation is 1. The van der Waals surface area contributed by atoms with Crippen molar-refractivity contribution in [2.45, 2.75) is 23.1 Å². The Bertz CT molecular complexity index is 1200. The monoisotopic (exact) mass is 442 g/mol. The number of fused-ring (bicyclic) bond motifs is 2. The molecule has 0 aliphatic carbocycles. The number of imide groups is 1. The van der Waals surface area contributed by atoms with E-state index < -0.39 is 11.2 Å². The standard InChI is InChI=1S/C21H15ClN2O3S2/c1-10-4-2-3-5-13(10)14-15-17(28-18-16(14)29-21(27)23-18)20(26)24(19(15)25)12-8-6-11(22)7-9-12/h2-9,14-15,17H,1H3,(H,23,27)/t14-,15-,17+/m0/s1. The van der Waals surface area contributed by atoms with Crippen LogP contribution in [0.15, 0.2) is 58.4 Å². The summed E-state index contributed by atoms with van der Waals surface area (Å²) in [6.45, 7) is 1.99. The molecule has 8 heteroatoms. The number of benzene rings is 2. The summed E-state index contributed by atoms with van der Waals surface area (Å²) < 4.78 is 0. The molecule has 1 fully saturated rings. The number of anilines is 1. The van der Waals surface area contributed by atoms with Crippen LogP contribution in [0.4, 0.5) is 5.69 Å². The predicted molar refractivity (Wildman–Crippen MR) is 115 cm³/mol. The van der Waals surface area contributed by atoms with Crippen LogP contribution in [0.2, 0.25) is 5.02 Å². The summed E-state index contributed by atoms with van der Waals surface area (Å²) in [6, 6.07) is 14.5. The lowest BCUT2D eigenvalue weighted by Crippen LogP contribution is -2.32. The van der Waals surface area contributed by atoms with Gasteiger partial charge >= 0.3 is 4.87 Å². The van der Waals surface area contributed by atoms with Crippen molar-refractivity contribution in [2.24, 2.45) is 5.92 Å². The van der Waals surface area contributed by atoms with E-state index in [2.05, 4.69) is 4.98 Å². The van der Waals surface area contributed by atoms with Gasteiger partial charge in [0.15, 0.2) is 0 Å². The molecule has 2 aromatic carbocycles. The number of halogens is 1. The molecule has 29 heavy (non-hydrogen) atoms. The average Bonchev–Trinajstić information content (AvgIpc) is 3.19. The van der Waals surface area contributed by atoms with E-state index in [1.165, 1.54) is 16.7 Å². The minimum Gasteiger partial charge on any atom is -0.307 e. The highest BCUT2D eigenvalue weighted by Crippen LogP contribution is 2.53. The molecule has 146 valence electrons.